The summed E-state index contributed by atoms with van der Waals surface area (Å²) in [6, 6.07) is 0.388. The van der Waals surface area contributed by atoms with E-state index in [0.29, 0.717) is 12.0 Å². The van der Waals surface area contributed by atoms with Gasteiger partial charge in [0.05, 0.1) is 10.7 Å². The molecule has 5 nitrogen and oxygen atoms in total. The highest BCUT2D eigenvalue weighted by Gasteiger charge is 2.25. The molecule has 1 aliphatic heterocycles. The summed E-state index contributed by atoms with van der Waals surface area (Å²) in [5.74, 6) is 0.632. The number of nitrogens with one attached hydrogen (secondary N) is 1. The van der Waals surface area contributed by atoms with Crippen LogP contribution in [0.1, 0.15) is 25.7 Å². The molecule has 1 aliphatic carbocycles. The largest absolute Gasteiger partial charge is 0.365 e. The third-order valence-corrected chi connectivity index (χ3v) is 5.14. The van der Waals surface area contributed by atoms with Gasteiger partial charge in [-0.15, -0.1) is 0 Å². The second-order valence-corrected chi connectivity index (χ2v) is 6.74. The lowest BCUT2D eigenvalue weighted by atomic mass is 9.85. The fraction of sp³-hybridized carbons (Fsp3) is 0.714. The van der Waals surface area contributed by atoms with Gasteiger partial charge in [-0.1, -0.05) is 6.42 Å². The summed E-state index contributed by atoms with van der Waals surface area (Å²) in [5, 5.41) is 7.63. The fourth-order valence-corrected chi connectivity index (χ4v) is 3.52. The van der Waals surface area contributed by atoms with Crippen molar-refractivity contribution >= 4 is 21.6 Å². The Morgan fingerprint density at radius 2 is 2.30 bits per heavy atom. The average molecular weight is 341 g/mol. The van der Waals surface area contributed by atoms with Crippen LogP contribution in [-0.4, -0.2) is 36.0 Å². The van der Waals surface area contributed by atoms with Crippen molar-refractivity contribution in [2.24, 2.45) is 5.92 Å². The fourth-order valence-electron chi connectivity index (χ4n) is 2.98. The Hall–Kier alpha value is -0.880. The monoisotopic (exact) mass is 340 g/mol. The molecule has 0 spiro atoms. The molecule has 0 amide bonds. The second kappa shape index (κ2) is 5.85. The Balaban J connectivity index is 1.87. The molecule has 2 aliphatic rings. The van der Waals surface area contributed by atoms with Gasteiger partial charge in [0.25, 0.3) is 5.56 Å². The Morgan fingerprint density at radius 3 is 2.90 bits per heavy atom. The summed E-state index contributed by atoms with van der Waals surface area (Å²) in [5.41, 5.74) is 0.772. The second-order valence-electron chi connectivity index (χ2n) is 5.88. The highest BCUT2D eigenvalue weighted by atomic mass is 79.9. The zero-order valence-electron chi connectivity index (χ0n) is 11.8. The summed E-state index contributed by atoms with van der Waals surface area (Å²) >= 11 is 3.49. The average Bonchev–Trinajstić information content (AvgIpc) is 2.89. The molecule has 1 saturated carbocycles. The van der Waals surface area contributed by atoms with Gasteiger partial charge in [-0.3, -0.25) is 4.79 Å². The molecule has 1 aromatic heterocycles. The number of nitrogens with zero attached hydrogens (tertiary/aromatic N) is 3. The Labute approximate surface area is 127 Å². The van der Waals surface area contributed by atoms with Crippen LogP contribution >= 0.6 is 15.9 Å². The molecule has 0 aromatic carbocycles. The minimum Gasteiger partial charge on any atom is -0.365 e. The maximum atomic E-state index is 12.7. The van der Waals surface area contributed by atoms with Crippen molar-refractivity contribution in [3.05, 3.63) is 21.0 Å². The van der Waals surface area contributed by atoms with Crippen molar-refractivity contribution < 1.29 is 0 Å². The predicted octanol–water partition coefficient (Wildman–Crippen LogP) is 1.60. The van der Waals surface area contributed by atoms with E-state index in [0.717, 1.165) is 36.2 Å². The van der Waals surface area contributed by atoms with Gasteiger partial charge in [-0.2, -0.15) is 5.10 Å². The molecular formula is C14H21BrN4O. The van der Waals surface area contributed by atoms with Crippen molar-refractivity contribution in [2.45, 2.75) is 38.3 Å². The Kier molecular flexibility index (Phi) is 4.12. The maximum absolute atomic E-state index is 12.7. The van der Waals surface area contributed by atoms with Gasteiger partial charge in [0, 0.05) is 26.2 Å². The maximum Gasteiger partial charge on any atom is 0.291 e. The van der Waals surface area contributed by atoms with Crippen LogP contribution in [0.3, 0.4) is 0 Å². The molecule has 110 valence electrons. The Bertz CT molecular complexity index is 534. The highest BCUT2D eigenvalue weighted by molar-refractivity contribution is 9.10. The summed E-state index contributed by atoms with van der Waals surface area (Å²) in [7, 11) is 2.01. The van der Waals surface area contributed by atoms with Crippen molar-refractivity contribution in [3.8, 4) is 0 Å². The van der Waals surface area contributed by atoms with Gasteiger partial charge >= 0.3 is 0 Å². The van der Waals surface area contributed by atoms with Crippen molar-refractivity contribution in [3.63, 3.8) is 0 Å². The number of anilines is 1. The summed E-state index contributed by atoms with van der Waals surface area (Å²) in [6.45, 7) is 2.72. The third-order valence-electron chi connectivity index (χ3n) is 4.56. The molecule has 3 rings (SSSR count). The molecule has 1 atom stereocenters. The van der Waals surface area contributed by atoms with E-state index in [1.165, 1.54) is 19.3 Å². The summed E-state index contributed by atoms with van der Waals surface area (Å²) < 4.78 is 2.43. The SMILES string of the molecule is CN(c1c(Br)cnn(CC2CCC2)c1=O)C1CCNC1. The van der Waals surface area contributed by atoms with Crippen LogP contribution in [-0.2, 0) is 6.54 Å². The molecule has 0 bridgehead atoms. The van der Waals surface area contributed by atoms with Gasteiger partial charge in [-0.25, -0.2) is 4.68 Å². The first-order valence-corrected chi connectivity index (χ1v) is 8.15. The number of rotatable bonds is 4. The first kappa shape index (κ1) is 14.1. The van der Waals surface area contributed by atoms with E-state index in [-0.39, 0.29) is 5.56 Å². The normalized spacial score (nSPS) is 22.8. The van der Waals surface area contributed by atoms with E-state index in [9.17, 15) is 4.79 Å². The third kappa shape index (κ3) is 2.63. The predicted molar refractivity (Wildman–Crippen MR) is 83.2 cm³/mol. The van der Waals surface area contributed by atoms with Crippen LogP contribution in [0.15, 0.2) is 15.5 Å². The first-order valence-electron chi connectivity index (χ1n) is 7.36. The zero-order chi connectivity index (χ0) is 14.1. The van der Waals surface area contributed by atoms with Gasteiger partial charge in [0.1, 0.15) is 5.69 Å². The van der Waals surface area contributed by atoms with Crippen LogP contribution in [0.4, 0.5) is 5.69 Å². The van der Waals surface area contributed by atoms with Gasteiger partial charge in [-0.05, 0) is 47.7 Å². The van der Waals surface area contributed by atoms with E-state index < -0.39 is 0 Å². The van der Waals surface area contributed by atoms with E-state index >= 15 is 0 Å². The highest BCUT2D eigenvalue weighted by Crippen LogP contribution is 2.28. The number of likely N-dealkylation sites (N-methyl/N-ethyl adjacent to an activating group) is 1. The van der Waals surface area contributed by atoms with Gasteiger partial charge < -0.3 is 10.2 Å². The van der Waals surface area contributed by atoms with E-state index in [1.807, 2.05) is 7.05 Å². The number of aromatic nitrogens is 2. The van der Waals surface area contributed by atoms with Gasteiger partial charge in [0.2, 0.25) is 0 Å². The standard InChI is InChI=1S/C14H21BrN4O/c1-18(11-5-6-16-7-11)13-12(15)8-17-19(14(13)20)9-10-3-2-4-10/h8,10-11,16H,2-7,9H2,1H3. The molecule has 2 fully saturated rings. The van der Waals surface area contributed by atoms with Crippen LogP contribution in [0.2, 0.25) is 0 Å². The quantitative estimate of drug-likeness (QED) is 0.904. The smallest absolute Gasteiger partial charge is 0.291 e. The first-order chi connectivity index (χ1) is 9.66. The van der Waals surface area contributed by atoms with Crippen LogP contribution in [0, 0.1) is 5.92 Å². The number of hydrogen-bond acceptors (Lipinski definition) is 4. The summed E-state index contributed by atoms with van der Waals surface area (Å²) in [6.07, 6.45) is 6.57. The van der Waals surface area contributed by atoms with Crippen LogP contribution in [0.5, 0.6) is 0 Å². The molecule has 20 heavy (non-hydrogen) atoms. The molecule has 1 saturated heterocycles. The van der Waals surface area contributed by atoms with Crippen molar-refractivity contribution in [1.82, 2.24) is 15.1 Å². The number of halogens is 1. The topological polar surface area (TPSA) is 50.2 Å². The zero-order valence-corrected chi connectivity index (χ0v) is 13.4. The molecule has 0 radical (unpaired) electrons. The molecular weight excluding hydrogens is 320 g/mol. The molecule has 1 unspecified atom stereocenters. The van der Waals surface area contributed by atoms with E-state index in [2.05, 4.69) is 31.2 Å². The van der Waals surface area contributed by atoms with Crippen LogP contribution in [0.25, 0.3) is 0 Å². The number of hydrogen-bond donors (Lipinski definition) is 1. The lowest BCUT2D eigenvalue weighted by molar-refractivity contribution is 0.261. The lowest BCUT2D eigenvalue weighted by Gasteiger charge is -2.28. The van der Waals surface area contributed by atoms with Crippen molar-refractivity contribution in [1.29, 1.82) is 0 Å². The molecule has 6 heteroatoms. The van der Waals surface area contributed by atoms with E-state index in [4.69, 9.17) is 0 Å². The molecule has 2 heterocycles. The van der Waals surface area contributed by atoms with Crippen molar-refractivity contribution in [2.75, 3.05) is 25.0 Å². The minimum absolute atomic E-state index is 0.0284. The summed E-state index contributed by atoms with van der Waals surface area (Å²) in [4.78, 5) is 14.8. The lowest BCUT2D eigenvalue weighted by Crippen LogP contribution is -2.40. The molecule has 1 aromatic rings. The van der Waals surface area contributed by atoms with Crippen LogP contribution < -0.4 is 15.8 Å². The molecule has 1 N–H and O–H groups in total. The van der Waals surface area contributed by atoms with Gasteiger partial charge in [0.15, 0.2) is 0 Å². The Morgan fingerprint density at radius 1 is 1.50 bits per heavy atom. The minimum atomic E-state index is 0.0284. The van der Waals surface area contributed by atoms with E-state index in [1.54, 1.807) is 10.9 Å².